The lowest BCUT2D eigenvalue weighted by molar-refractivity contribution is 0.812. The summed E-state index contributed by atoms with van der Waals surface area (Å²) in [4.78, 5) is 8.06. The molecule has 0 aromatic carbocycles. The third-order valence-electron chi connectivity index (χ3n) is 2.61. The van der Waals surface area contributed by atoms with E-state index < -0.39 is 0 Å². The lowest BCUT2D eigenvalue weighted by Crippen LogP contribution is -1.91. The average molecular weight is 310 g/mol. The van der Waals surface area contributed by atoms with Crippen molar-refractivity contribution in [2.75, 3.05) is 0 Å². The highest BCUT2D eigenvalue weighted by Crippen LogP contribution is 2.06. The van der Waals surface area contributed by atoms with Crippen LogP contribution in [0.1, 0.15) is 36.7 Å². The predicted molar refractivity (Wildman–Crippen MR) is 89.7 cm³/mol. The van der Waals surface area contributed by atoms with Gasteiger partial charge in [-0.15, -0.1) is 0 Å². The van der Waals surface area contributed by atoms with E-state index in [1.807, 2.05) is 32.0 Å². The van der Waals surface area contributed by atoms with E-state index in [1.54, 1.807) is 37.2 Å². The summed E-state index contributed by atoms with van der Waals surface area (Å²) in [6.07, 6.45) is 10.3. The fourth-order valence-corrected chi connectivity index (χ4v) is 1.34. The highest BCUT2D eigenvalue weighted by atomic mass is 15.1. The maximum atomic E-state index is 4.12. The Bertz CT molecular complexity index is 592. The van der Waals surface area contributed by atoms with E-state index in [0.717, 1.165) is 17.0 Å². The van der Waals surface area contributed by atoms with Crippen molar-refractivity contribution in [3.8, 4) is 0 Å². The van der Waals surface area contributed by atoms with Crippen molar-refractivity contribution in [3.05, 3.63) is 72.3 Å². The van der Waals surface area contributed by atoms with Crippen LogP contribution in [0.15, 0.2) is 55.4 Å². The minimum absolute atomic E-state index is 0.485. The van der Waals surface area contributed by atoms with Gasteiger partial charge in [-0.3, -0.25) is 9.97 Å². The van der Waals surface area contributed by atoms with Crippen LogP contribution in [0.25, 0.3) is 0 Å². The lowest BCUT2D eigenvalue weighted by atomic mass is 10.1. The van der Waals surface area contributed by atoms with E-state index in [0.29, 0.717) is 5.92 Å². The smallest absolute Gasteiger partial charge is 0.0612 e. The molecular weight excluding hydrogens is 288 g/mol. The maximum Gasteiger partial charge on any atom is 0.0612 e. The Balaban J connectivity index is 0.000000175. The van der Waals surface area contributed by atoms with Crippen LogP contribution in [-0.2, 0) is 0 Å². The Labute approximate surface area is 137 Å². The molecule has 0 spiro atoms. The normalized spacial score (nSPS) is 9.26. The van der Waals surface area contributed by atoms with Crippen molar-refractivity contribution in [2.45, 2.75) is 33.6 Å². The molecule has 0 N–H and O–H groups in total. The first-order chi connectivity index (χ1) is 11.1. The average Bonchev–Trinajstić information content (AvgIpc) is 2.58. The SMILES string of the molecule is CC(C)c1cnccn1.Cc1cccnn1.Cc1ccnnc1. The molecule has 6 nitrogen and oxygen atoms in total. The molecule has 6 heteroatoms. The zero-order valence-electron chi connectivity index (χ0n) is 14.0. The molecule has 0 fully saturated rings. The molecule has 0 atom stereocenters. The number of aryl methyl sites for hydroxylation is 2. The Morgan fingerprint density at radius 1 is 0.826 bits per heavy atom. The fourth-order valence-electron chi connectivity index (χ4n) is 1.34. The minimum atomic E-state index is 0.485. The Kier molecular flexibility index (Phi) is 8.66. The van der Waals surface area contributed by atoms with Crippen LogP contribution in [0.4, 0.5) is 0 Å². The van der Waals surface area contributed by atoms with Crippen LogP contribution < -0.4 is 0 Å². The molecule has 0 bridgehead atoms. The zero-order valence-corrected chi connectivity index (χ0v) is 14.0. The van der Waals surface area contributed by atoms with E-state index in [-0.39, 0.29) is 0 Å². The first kappa shape index (κ1) is 18.3. The van der Waals surface area contributed by atoms with Crippen molar-refractivity contribution in [3.63, 3.8) is 0 Å². The Morgan fingerprint density at radius 3 is 1.96 bits per heavy atom. The Hall–Kier alpha value is -2.76. The molecule has 0 amide bonds. The summed E-state index contributed by atoms with van der Waals surface area (Å²) in [5.41, 5.74) is 3.16. The monoisotopic (exact) mass is 310 g/mol. The highest BCUT2D eigenvalue weighted by Gasteiger charge is 1.96. The molecule has 0 unspecified atom stereocenters. The van der Waals surface area contributed by atoms with Gasteiger partial charge in [-0.2, -0.15) is 20.4 Å². The van der Waals surface area contributed by atoms with Gasteiger partial charge in [-0.05, 0) is 43.5 Å². The fraction of sp³-hybridized carbons (Fsp3) is 0.294. The van der Waals surface area contributed by atoms with Crippen molar-refractivity contribution >= 4 is 0 Å². The minimum Gasteiger partial charge on any atom is -0.261 e. The van der Waals surface area contributed by atoms with E-state index in [9.17, 15) is 0 Å². The van der Waals surface area contributed by atoms with Gasteiger partial charge in [0.05, 0.1) is 17.6 Å². The van der Waals surface area contributed by atoms with Crippen LogP contribution in [0.2, 0.25) is 0 Å². The highest BCUT2D eigenvalue weighted by molar-refractivity contribution is 5.00. The van der Waals surface area contributed by atoms with Crippen LogP contribution in [0, 0.1) is 13.8 Å². The third-order valence-corrected chi connectivity index (χ3v) is 2.61. The van der Waals surface area contributed by atoms with Gasteiger partial charge < -0.3 is 0 Å². The molecule has 0 saturated carbocycles. The topological polar surface area (TPSA) is 77.3 Å². The summed E-state index contributed by atoms with van der Waals surface area (Å²) in [5, 5.41) is 14.6. The number of hydrogen-bond donors (Lipinski definition) is 0. The van der Waals surface area contributed by atoms with Crippen molar-refractivity contribution < 1.29 is 0 Å². The van der Waals surface area contributed by atoms with Crippen LogP contribution in [0.5, 0.6) is 0 Å². The number of hydrogen-bond acceptors (Lipinski definition) is 6. The van der Waals surface area contributed by atoms with E-state index in [1.165, 1.54) is 0 Å². The van der Waals surface area contributed by atoms with E-state index >= 15 is 0 Å². The van der Waals surface area contributed by atoms with E-state index in [2.05, 4.69) is 44.2 Å². The molecule has 3 aromatic rings. The molecule has 0 saturated heterocycles. The van der Waals surface area contributed by atoms with Crippen molar-refractivity contribution in [1.82, 2.24) is 30.4 Å². The van der Waals surface area contributed by atoms with Gasteiger partial charge in [0.25, 0.3) is 0 Å². The summed E-state index contributed by atoms with van der Waals surface area (Å²) in [6.45, 7) is 8.09. The zero-order chi connectivity index (χ0) is 16.9. The second-order valence-electron chi connectivity index (χ2n) is 5.07. The maximum absolute atomic E-state index is 4.12. The second-order valence-corrected chi connectivity index (χ2v) is 5.07. The summed E-state index contributed by atoms with van der Waals surface area (Å²) in [6, 6.07) is 5.68. The van der Waals surface area contributed by atoms with Gasteiger partial charge in [0.2, 0.25) is 0 Å². The van der Waals surface area contributed by atoms with E-state index in [4.69, 9.17) is 0 Å². The summed E-state index contributed by atoms with van der Waals surface area (Å²) >= 11 is 0. The number of nitrogens with zero attached hydrogens (tertiary/aromatic N) is 6. The summed E-state index contributed by atoms with van der Waals surface area (Å²) in [7, 11) is 0. The van der Waals surface area contributed by atoms with Gasteiger partial charge in [0, 0.05) is 31.0 Å². The van der Waals surface area contributed by atoms with Crippen molar-refractivity contribution in [1.29, 1.82) is 0 Å². The van der Waals surface area contributed by atoms with Gasteiger partial charge in [-0.1, -0.05) is 13.8 Å². The molecule has 3 rings (SSSR count). The molecule has 23 heavy (non-hydrogen) atoms. The van der Waals surface area contributed by atoms with Gasteiger partial charge >= 0.3 is 0 Å². The summed E-state index contributed by atoms with van der Waals surface area (Å²) in [5.74, 6) is 0.485. The van der Waals surface area contributed by atoms with Gasteiger partial charge in [0.1, 0.15) is 0 Å². The first-order valence-electron chi connectivity index (χ1n) is 7.33. The molecule has 3 heterocycles. The van der Waals surface area contributed by atoms with Crippen LogP contribution >= 0.6 is 0 Å². The van der Waals surface area contributed by atoms with Crippen LogP contribution in [-0.4, -0.2) is 30.4 Å². The largest absolute Gasteiger partial charge is 0.261 e. The van der Waals surface area contributed by atoms with Crippen LogP contribution in [0.3, 0.4) is 0 Å². The number of rotatable bonds is 1. The van der Waals surface area contributed by atoms with Gasteiger partial charge in [-0.25, -0.2) is 0 Å². The molecule has 0 aliphatic rings. The molecule has 3 aromatic heterocycles. The van der Waals surface area contributed by atoms with Crippen molar-refractivity contribution in [2.24, 2.45) is 0 Å². The van der Waals surface area contributed by atoms with Gasteiger partial charge in [0.15, 0.2) is 0 Å². The second kappa shape index (κ2) is 10.9. The molecule has 0 aliphatic heterocycles. The molecular formula is C17H22N6. The predicted octanol–water partition coefficient (Wildman–Crippen LogP) is 3.17. The standard InChI is InChI=1S/C7H10N2.2C5H6N2/c1-6(2)7-5-8-3-4-9-7;1-5-2-3-6-7-4-5;1-5-3-2-4-6-7-5/h3-6H,1-2H3;2*2-4H,1H3. The molecule has 0 radical (unpaired) electrons. The molecule has 0 aliphatic carbocycles. The lowest BCUT2D eigenvalue weighted by Gasteiger charge is -1.99. The first-order valence-corrected chi connectivity index (χ1v) is 7.33. The Morgan fingerprint density at radius 2 is 1.65 bits per heavy atom. The summed E-state index contributed by atoms with van der Waals surface area (Å²) < 4.78 is 0. The quantitative estimate of drug-likeness (QED) is 0.687. The third kappa shape index (κ3) is 8.98. The molecule has 120 valence electrons. The number of aromatic nitrogens is 6.